The van der Waals surface area contributed by atoms with Crippen molar-refractivity contribution >= 4 is 11.7 Å². The molecule has 2 aromatic rings. The summed E-state index contributed by atoms with van der Waals surface area (Å²) >= 11 is 0. The van der Waals surface area contributed by atoms with Crippen molar-refractivity contribution in [3.63, 3.8) is 0 Å². The third kappa shape index (κ3) is 2.94. The second-order valence-corrected chi connectivity index (χ2v) is 4.11. The SMILES string of the molecule is Cc1ccc(Oc2nccc(C(=O)O)c2F)c([N+](=O)[O-])c1. The summed E-state index contributed by atoms with van der Waals surface area (Å²) in [6, 6.07) is 5.06. The lowest BCUT2D eigenvalue weighted by atomic mass is 10.2. The monoisotopic (exact) mass is 292 g/mol. The number of hydrogen-bond acceptors (Lipinski definition) is 5. The topological polar surface area (TPSA) is 103 Å². The molecule has 0 fully saturated rings. The molecule has 0 radical (unpaired) electrons. The van der Waals surface area contributed by atoms with E-state index < -0.39 is 28.2 Å². The number of pyridine rings is 1. The Kier molecular flexibility index (Phi) is 3.79. The van der Waals surface area contributed by atoms with Gasteiger partial charge >= 0.3 is 11.7 Å². The predicted molar refractivity (Wildman–Crippen MR) is 69.1 cm³/mol. The molecule has 0 atom stereocenters. The minimum absolute atomic E-state index is 0.223. The molecule has 1 heterocycles. The summed E-state index contributed by atoms with van der Waals surface area (Å²) in [5, 5.41) is 19.7. The second kappa shape index (κ2) is 5.53. The summed E-state index contributed by atoms with van der Waals surface area (Å²) in [6.45, 7) is 1.65. The molecule has 0 aliphatic heterocycles. The molecule has 0 unspecified atom stereocenters. The first-order valence-electron chi connectivity index (χ1n) is 5.71. The van der Waals surface area contributed by atoms with E-state index in [-0.39, 0.29) is 11.4 Å². The van der Waals surface area contributed by atoms with Crippen LogP contribution in [-0.2, 0) is 0 Å². The summed E-state index contributed by atoms with van der Waals surface area (Å²) in [6.07, 6.45) is 1.04. The van der Waals surface area contributed by atoms with Gasteiger partial charge in [0.2, 0.25) is 5.75 Å². The molecular formula is C13H9FN2O5. The number of aromatic carboxylic acids is 1. The molecule has 21 heavy (non-hydrogen) atoms. The highest BCUT2D eigenvalue weighted by Gasteiger charge is 2.21. The fourth-order valence-corrected chi connectivity index (χ4v) is 1.62. The highest BCUT2D eigenvalue weighted by molar-refractivity contribution is 5.88. The van der Waals surface area contributed by atoms with Crippen molar-refractivity contribution < 1.29 is 24.0 Å². The molecule has 7 nitrogen and oxygen atoms in total. The number of halogens is 1. The molecule has 0 aliphatic carbocycles. The average Bonchev–Trinajstić information content (AvgIpc) is 2.42. The predicted octanol–water partition coefficient (Wildman–Crippen LogP) is 2.93. The minimum Gasteiger partial charge on any atom is -0.478 e. The average molecular weight is 292 g/mol. The van der Waals surface area contributed by atoms with Crippen molar-refractivity contribution in [3.05, 3.63) is 57.5 Å². The van der Waals surface area contributed by atoms with Crippen LogP contribution in [0.3, 0.4) is 0 Å². The van der Waals surface area contributed by atoms with Crippen LogP contribution >= 0.6 is 0 Å². The number of nitro benzene ring substituents is 1. The van der Waals surface area contributed by atoms with Crippen LogP contribution in [0.15, 0.2) is 30.5 Å². The second-order valence-electron chi connectivity index (χ2n) is 4.11. The Morgan fingerprint density at radius 3 is 2.76 bits per heavy atom. The van der Waals surface area contributed by atoms with E-state index in [1.54, 1.807) is 13.0 Å². The van der Waals surface area contributed by atoms with Crippen LogP contribution in [0.5, 0.6) is 11.6 Å². The first kappa shape index (κ1) is 14.4. The lowest BCUT2D eigenvalue weighted by molar-refractivity contribution is -0.385. The fraction of sp³-hybridized carbons (Fsp3) is 0.0769. The molecule has 108 valence electrons. The summed E-state index contributed by atoms with van der Waals surface area (Å²) in [5.41, 5.74) is -0.367. The normalized spacial score (nSPS) is 10.2. The van der Waals surface area contributed by atoms with Gasteiger partial charge in [0.05, 0.1) is 4.92 Å². The van der Waals surface area contributed by atoms with E-state index in [1.165, 1.54) is 12.1 Å². The fourth-order valence-electron chi connectivity index (χ4n) is 1.62. The van der Waals surface area contributed by atoms with Gasteiger partial charge in [0.25, 0.3) is 5.88 Å². The first-order valence-corrected chi connectivity index (χ1v) is 5.71. The van der Waals surface area contributed by atoms with Crippen molar-refractivity contribution in [1.29, 1.82) is 0 Å². The van der Waals surface area contributed by atoms with E-state index in [4.69, 9.17) is 9.84 Å². The van der Waals surface area contributed by atoms with Crippen molar-refractivity contribution in [3.8, 4) is 11.6 Å². The third-order valence-corrected chi connectivity index (χ3v) is 2.61. The van der Waals surface area contributed by atoms with Crippen molar-refractivity contribution in [2.24, 2.45) is 0 Å². The van der Waals surface area contributed by atoms with Crippen LogP contribution in [0.1, 0.15) is 15.9 Å². The Labute approximate surface area is 117 Å². The molecule has 2 rings (SSSR count). The van der Waals surface area contributed by atoms with Crippen molar-refractivity contribution in [2.45, 2.75) is 6.92 Å². The molecule has 1 aromatic carbocycles. The van der Waals surface area contributed by atoms with E-state index in [9.17, 15) is 19.3 Å². The number of aryl methyl sites for hydroxylation is 1. The zero-order chi connectivity index (χ0) is 15.6. The van der Waals surface area contributed by atoms with E-state index in [0.717, 1.165) is 12.3 Å². The highest BCUT2D eigenvalue weighted by Crippen LogP contribution is 2.32. The molecule has 0 aliphatic rings. The minimum atomic E-state index is -1.49. The maximum Gasteiger partial charge on any atom is 0.338 e. The summed E-state index contributed by atoms with van der Waals surface area (Å²) in [4.78, 5) is 24.6. The van der Waals surface area contributed by atoms with Gasteiger partial charge in [0.1, 0.15) is 5.56 Å². The van der Waals surface area contributed by atoms with Crippen LogP contribution in [0.2, 0.25) is 0 Å². The smallest absolute Gasteiger partial charge is 0.338 e. The Morgan fingerprint density at radius 1 is 1.43 bits per heavy atom. The quantitative estimate of drug-likeness (QED) is 0.686. The van der Waals surface area contributed by atoms with Gasteiger partial charge in [-0.1, -0.05) is 6.07 Å². The van der Waals surface area contributed by atoms with Gasteiger partial charge in [-0.2, -0.15) is 0 Å². The van der Waals surface area contributed by atoms with Crippen LogP contribution in [0.25, 0.3) is 0 Å². The van der Waals surface area contributed by atoms with Crippen LogP contribution in [0.4, 0.5) is 10.1 Å². The van der Waals surface area contributed by atoms with E-state index in [0.29, 0.717) is 5.56 Å². The van der Waals surface area contributed by atoms with Gasteiger partial charge in [0, 0.05) is 12.3 Å². The Morgan fingerprint density at radius 2 is 2.14 bits per heavy atom. The zero-order valence-electron chi connectivity index (χ0n) is 10.7. The molecule has 8 heteroatoms. The zero-order valence-corrected chi connectivity index (χ0v) is 10.7. The van der Waals surface area contributed by atoms with E-state index >= 15 is 0 Å². The van der Waals surface area contributed by atoms with Gasteiger partial charge in [-0.25, -0.2) is 14.2 Å². The lowest BCUT2D eigenvalue weighted by Gasteiger charge is -2.07. The summed E-state index contributed by atoms with van der Waals surface area (Å²) in [7, 11) is 0. The van der Waals surface area contributed by atoms with Crippen molar-refractivity contribution in [1.82, 2.24) is 4.98 Å². The largest absolute Gasteiger partial charge is 0.478 e. The van der Waals surface area contributed by atoms with Gasteiger partial charge in [0.15, 0.2) is 5.82 Å². The van der Waals surface area contributed by atoms with E-state index in [1.807, 2.05) is 0 Å². The summed E-state index contributed by atoms with van der Waals surface area (Å²) in [5.74, 6) is -3.54. The van der Waals surface area contributed by atoms with Crippen LogP contribution in [-0.4, -0.2) is 21.0 Å². The number of aromatic nitrogens is 1. The number of hydrogen-bond donors (Lipinski definition) is 1. The number of nitro groups is 1. The lowest BCUT2D eigenvalue weighted by Crippen LogP contribution is -2.04. The molecule has 1 aromatic heterocycles. The number of benzene rings is 1. The van der Waals surface area contributed by atoms with Gasteiger partial charge in [-0.15, -0.1) is 0 Å². The number of rotatable bonds is 4. The maximum absolute atomic E-state index is 13.9. The molecule has 0 saturated carbocycles. The third-order valence-electron chi connectivity index (χ3n) is 2.61. The van der Waals surface area contributed by atoms with Gasteiger partial charge in [-0.05, 0) is 24.6 Å². The molecule has 0 bridgehead atoms. The highest BCUT2D eigenvalue weighted by atomic mass is 19.1. The number of carboxylic acids is 1. The van der Waals surface area contributed by atoms with Gasteiger partial charge in [-0.3, -0.25) is 10.1 Å². The van der Waals surface area contributed by atoms with Gasteiger partial charge < -0.3 is 9.84 Å². The Bertz CT molecular complexity index is 732. The molecule has 0 spiro atoms. The number of nitrogens with zero attached hydrogens (tertiary/aromatic N) is 2. The summed E-state index contributed by atoms with van der Waals surface area (Å²) < 4.78 is 18.9. The standard InChI is InChI=1S/C13H9FN2O5/c1-7-2-3-10(9(6-7)16(19)20)21-12-11(14)8(13(17)18)4-5-15-12/h2-6H,1H3,(H,17,18). The Balaban J connectivity index is 2.46. The first-order chi connectivity index (χ1) is 9.90. The number of carboxylic acid groups (broad SMARTS) is 1. The van der Waals surface area contributed by atoms with Crippen LogP contribution < -0.4 is 4.74 Å². The molecule has 0 amide bonds. The van der Waals surface area contributed by atoms with Crippen molar-refractivity contribution in [2.75, 3.05) is 0 Å². The number of carbonyl (C=O) groups is 1. The number of ether oxygens (including phenoxy) is 1. The molecule has 0 saturated heterocycles. The van der Waals surface area contributed by atoms with Crippen LogP contribution in [0, 0.1) is 22.9 Å². The molecule has 1 N–H and O–H groups in total. The maximum atomic E-state index is 13.9. The molecular weight excluding hydrogens is 283 g/mol. The Hall–Kier alpha value is -3.03. The van der Waals surface area contributed by atoms with E-state index in [2.05, 4.69) is 4.98 Å².